The minimum Gasteiger partial charge on any atom is -0.339 e. The molecule has 0 unspecified atom stereocenters. The Bertz CT molecular complexity index is 582. The van der Waals surface area contributed by atoms with Crippen LogP contribution < -0.4 is 0 Å². The van der Waals surface area contributed by atoms with Crippen molar-refractivity contribution in [2.75, 3.05) is 26.7 Å². The van der Waals surface area contributed by atoms with Crippen molar-refractivity contribution in [3.8, 4) is 0 Å². The number of likely N-dealkylation sites (N-methyl/N-ethyl adjacent to an activating group) is 1. The van der Waals surface area contributed by atoms with Crippen LogP contribution in [0.2, 0.25) is 0 Å². The third kappa shape index (κ3) is 4.35. The molecule has 2 aromatic rings. The van der Waals surface area contributed by atoms with Gasteiger partial charge in [0.15, 0.2) is 5.82 Å². The molecule has 1 saturated heterocycles. The Kier molecular flexibility index (Phi) is 5.35. The Morgan fingerprint density at radius 2 is 2.35 bits per heavy atom. The van der Waals surface area contributed by atoms with E-state index in [1.165, 1.54) is 12.8 Å². The molecule has 126 valence electrons. The fourth-order valence-electron chi connectivity index (χ4n) is 3.02. The lowest BCUT2D eigenvalue weighted by Gasteiger charge is -2.37. The molecule has 8 nitrogen and oxygen atoms in total. The van der Waals surface area contributed by atoms with Gasteiger partial charge in [0.05, 0.1) is 13.1 Å². The van der Waals surface area contributed by atoms with Gasteiger partial charge in [-0.15, -0.1) is 0 Å². The third-order valence-electron chi connectivity index (χ3n) is 4.43. The van der Waals surface area contributed by atoms with Crippen molar-refractivity contribution in [1.29, 1.82) is 0 Å². The average molecular weight is 319 g/mol. The molecular weight excluding hydrogens is 294 g/mol. The minimum atomic E-state index is 0.560. The Morgan fingerprint density at radius 3 is 3.09 bits per heavy atom. The highest BCUT2D eigenvalue weighted by Crippen LogP contribution is 2.16. The summed E-state index contributed by atoms with van der Waals surface area (Å²) in [6, 6.07) is 0.560. The van der Waals surface area contributed by atoms with E-state index in [9.17, 15) is 0 Å². The summed E-state index contributed by atoms with van der Waals surface area (Å²) < 4.78 is 7.07. The second kappa shape index (κ2) is 7.65. The van der Waals surface area contributed by atoms with Crippen molar-refractivity contribution in [3.05, 3.63) is 24.4 Å². The van der Waals surface area contributed by atoms with Crippen LogP contribution in [0.3, 0.4) is 0 Å². The van der Waals surface area contributed by atoms with E-state index in [2.05, 4.69) is 37.1 Å². The molecule has 1 aliphatic rings. The fraction of sp³-hybridized carbons (Fsp3) is 0.733. The Hall–Kier alpha value is -1.80. The monoisotopic (exact) mass is 319 g/mol. The van der Waals surface area contributed by atoms with Crippen LogP contribution >= 0.6 is 0 Å². The zero-order valence-corrected chi connectivity index (χ0v) is 13.9. The van der Waals surface area contributed by atoms with Crippen LogP contribution in [0.1, 0.15) is 31.5 Å². The summed E-state index contributed by atoms with van der Waals surface area (Å²) in [5.41, 5.74) is 0. The SMILES string of the molecule is CCc1nc(CN2CCC[C@@H](N(C)CCn3cncn3)C2)no1. The standard InChI is InChI=1S/C15H25N7O/c1-3-15-18-14(19-23-15)10-21-6-4-5-13(9-21)20(2)7-8-22-12-16-11-17-22/h11-13H,3-10H2,1-2H3/t13-/m1/s1. The molecule has 0 aromatic carbocycles. The summed E-state index contributed by atoms with van der Waals surface area (Å²) in [5.74, 6) is 1.52. The van der Waals surface area contributed by atoms with Gasteiger partial charge in [-0.05, 0) is 26.4 Å². The number of piperidine rings is 1. The second-order valence-electron chi connectivity index (χ2n) is 6.13. The highest BCUT2D eigenvalue weighted by molar-refractivity contribution is 4.88. The lowest BCUT2D eigenvalue weighted by Crippen LogP contribution is -2.47. The van der Waals surface area contributed by atoms with Gasteiger partial charge < -0.3 is 9.42 Å². The van der Waals surface area contributed by atoms with Gasteiger partial charge in [-0.3, -0.25) is 9.58 Å². The second-order valence-corrected chi connectivity index (χ2v) is 6.13. The van der Waals surface area contributed by atoms with Gasteiger partial charge >= 0.3 is 0 Å². The van der Waals surface area contributed by atoms with Crippen LogP contribution in [0.4, 0.5) is 0 Å². The maximum absolute atomic E-state index is 5.20. The third-order valence-corrected chi connectivity index (χ3v) is 4.43. The zero-order chi connectivity index (χ0) is 16.1. The summed E-state index contributed by atoms with van der Waals surface area (Å²) in [6.07, 6.45) is 6.58. The van der Waals surface area contributed by atoms with E-state index in [0.29, 0.717) is 6.04 Å². The van der Waals surface area contributed by atoms with Gasteiger partial charge in [-0.2, -0.15) is 10.1 Å². The molecule has 23 heavy (non-hydrogen) atoms. The summed E-state index contributed by atoms with van der Waals surface area (Å²) in [6.45, 7) is 6.80. The van der Waals surface area contributed by atoms with Gasteiger partial charge in [0.2, 0.25) is 5.89 Å². The predicted molar refractivity (Wildman–Crippen MR) is 84.6 cm³/mol. The van der Waals surface area contributed by atoms with E-state index in [4.69, 9.17) is 4.52 Å². The summed E-state index contributed by atoms with van der Waals surface area (Å²) >= 11 is 0. The molecule has 0 radical (unpaired) electrons. The van der Waals surface area contributed by atoms with Crippen molar-refractivity contribution in [1.82, 2.24) is 34.7 Å². The van der Waals surface area contributed by atoms with Crippen molar-refractivity contribution in [3.63, 3.8) is 0 Å². The van der Waals surface area contributed by atoms with Gasteiger partial charge in [0.25, 0.3) is 0 Å². The zero-order valence-electron chi connectivity index (χ0n) is 13.9. The van der Waals surface area contributed by atoms with Crippen LogP contribution in [-0.4, -0.2) is 67.4 Å². The van der Waals surface area contributed by atoms with E-state index < -0.39 is 0 Å². The smallest absolute Gasteiger partial charge is 0.226 e. The molecule has 0 saturated carbocycles. The predicted octanol–water partition coefficient (Wildman–Crippen LogP) is 0.820. The van der Waals surface area contributed by atoms with E-state index in [-0.39, 0.29) is 0 Å². The number of aryl methyl sites for hydroxylation is 1. The normalized spacial score (nSPS) is 19.5. The topological polar surface area (TPSA) is 76.1 Å². The van der Waals surface area contributed by atoms with E-state index in [1.54, 1.807) is 12.7 Å². The van der Waals surface area contributed by atoms with Crippen LogP contribution in [0.15, 0.2) is 17.2 Å². The molecule has 0 amide bonds. The van der Waals surface area contributed by atoms with Crippen LogP contribution in [0.25, 0.3) is 0 Å². The molecule has 2 aromatic heterocycles. The number of likely N-dealkylation sites (tertiary alicyclic amines) is 1. The first-order valence-electron chi connectivity index (χ1n) is 8.31. The quantitative estimate of drug-likeness (QED) is 0.748. The summed E-state index contributed by atoms with van der Waals surface area (Å²) in [4.78, 5) is 13.2. The van der Waals surface area contributed by atoms with Gasteiger partial charge in [0.1, 0.15) is 12.7 Å². The van der Waals surface area contributed by atoms with Gasteiger partial charge in [-0.25, -0.2) is 4.98 Å². The Balaban J connectivity index is 1.48. The minimum absolute atomic E-state index is 0.560. The average Bonchev–Trinajstić information content (AvgIpc) is 3.24. The van der Waals surface area contributed by atoms with Crippen molar-refractivity contribution < 1.29 is 4.52 Å². The van der Waals surface area contributed by atoms with Crippen LogP contribution in [0.5, 0.6) is 0 Å². The molecule has 1 atom stereocenters. The molecular formula is C15H25N7O. The van der Waals surface area contributed by atoms with Crippen molar-refractivity contribution >= 4 is 0 Å². The maximum Gasteiger partial charge on any atom is 0.226 e. The molecule has 3 heterocycles. The van der Waals surface area contributed by atoms with Crippen LogP contribution in [0, 0.1) is 0 Å². The molecule has 1 fully saturated rings. The molecule has 0 spiro atoms. The maximum atomic E-state index is 5.20. The number of hydrogen-bond acceptors (Lipinski definition) is 7. The van der Waals surface area contributed by atoms with Crippen molar-refractivity contribution in [2.24, 2.45) is 0 Å². The molecule has 8 heteroatoms. The summed E-state index contributed by atoms with van der Waals surface area (Å²) in [5, 5.41) is 8.22. The molecule has 0 aliphatic carbocycles. The fourth-order valence-corrected chi connectivity index (χ4v) is 3.02. The first-order chi connectivity index (χ1) is 11.2. The number of rotatable bonds is 7. The van der Waals surface area contributed by atoms with E-state index >= 15 is 0 Å². The highest BCUT2D eigenvalue weighted by atomic mass is 16.5. The first-order valence-corrected chi connectivity index (χ1v) is 8.31. The van der Waals surface area contributed by atoms with Gasteiger partial charge in [0, 0.05) is 25.6 Å². The molecule has 0 bridgehead atoms. The lowest BCUT2D eigenvalue weighted by molar-refractivity contribution is 0.106. The van der Waals surface area contributed by atoms with Crippen molar-refractivity contribution in [2.45, 2.75) is 45.3 Å². The van der Waals surface area contributed by atoms with Crippen LogP contribution in [-0.2, 0) is 19.5 Å². The van der Waals surface area contributed by atoms with E-state index in [0.717, 1.165) is 50.9 Å². The van der Waals surface area contributed by atoms with Gasteiger partial charge in [-0.1, -0.05) is 12.1 Å². The molecule has 1 aliphatic heterocycles. The first kappa shape index (κ1) is 16.1. The molecule has 3 rings (SSSR count). The summed E-state index contributed by atoms with van der Waals surface area (Å²) in [7, 11) is 2.19. The number of nitrogens with zero attached hydrogens (tertiary/aromatic N) is 7. The Morgan fingerprint density at radius 1 is 1.43 bits per heavy atom. The number of hydrogen-bond donors (Lipinski definition) is 0. The molecule has 0 N–H and O–H groups in total. The Labute approximate surface area is 136 Å². The highest BCUT2D eigenvalue weighted by Gasteiger charge is 2.24. The largest absolute Gasteiger partial charge is 0.339 e. The number of aromatic nitrogens is 5. The lowest BCUT2D eigenvalue weighted by atomic mass is 10.0. The van der Waals surface area contributed by atoms with E-state index in [1.807, 2.05) is 11.6 Å².